The summed E-state index contributed by atoms with van der Waals surface area (Å²) in [4.78, 5) is 0. The zero-order valence-electron chi connectivity index (χ0n) is 13.2. The first kappa shape index (κ1) is 13.0. The molecule has 0 heteroatoms. The van der Waals surface area contributed by atoms with Gasteiger partial charge in [0.05, 0.1) is 0 Å². The van der Waals surface area contributed by atoms with Gasteiger partial charge in [-0.2, -0.15) is 0 Å². The van der Waals surface area contributed by atoms with Gasteiger partial charge in [-0.15, -0.1) is 0 Å². The molecule has 9 unspecified atom stereocenters. The van der Waals surface area contributed by atoms with Gasteiger partial charge in [0.15, 0.2) is 0 Å². The molecule has 0 N–H and O–H groups in total. The van der Waals surface area contributed by atoms with Gasteiger partial charge in [0.2, 0.25) is 0 Å². The van der Waals surface area contributed by atoms with Gasteiger partial charge in [0.25, 0.3) is 0 Å². The SMILES string of the molecule is CC(C)C1CC1C(C)C1C(C)C2C(C)CC(C)C21. The molecule has 0 heterocycles. The van der Waals surface area contributed by atoms with Gasteiger partial charge in [-0.25, -0.2) is 0 Å². The minimum atomic E-state index is 0.920. The minimum absolute atomic E-state index is 0.920. The molecule has 0 nitrogen and oxygen atoms in total. The minimum Gasteiger partial charge on any atom is -0.0625 e. The Hall–Kier alpha value is 0. The lowest BCUT2D eigenvalue weighted by atomic mass is 9.51. The molecule has 0 amide bonds. The third-order valence-corrected chi connectivity index (χ3v) is 7.19. The van der Waals surface area contributed by atoms with E-state index in [-0.39, 0.29) is 0 Å². The lowest BCUT2D eigenvalue weighted by Gasteiger charge is -2.54. The lowest BCUT2D eigenvalue weighted by Crippen LogP contribution is -2.49. The summed E-state index contributed by atoms with van der Waals surface area (Å²) in [5.41, 5.74) is 0. The maximum absolute atomic E-state index is 2.58. The lowest BCUT2D eigenvalue weighted by molar-refractivity contribution is -0.0625. The van der Waals surface area contributed by atoms with Crippen molar-refractivity contribution in [3.63, 3.8) is 0 Å². The third kappa shape index (κ3) is 1.70. The summed E-state index contributed by atoms with van der Waals surface area (Å²) in [7, 11) is 0. The maximum atomic E-state index is 2.58. The van der Waals surface area contributed by atoms with Crippen molar-refractivity contribution in [2.45, 2.75) is 54.4 Å². The summed E-state index contributed by atoms with van der Waals surface area (Å²) in [5.74, 6) is 10.3. The standard InChI is InChI=1S/C18H32/c1-9(2)14-8-15(14)12(5)18-13(6)16-10(3)7-11(4)17(16)18/h9-18H,7-8H2,1-6H3. The van der Waals surface area contributed by atoms with Crippen LogP contribution in [0.25, 0.3) is 0 Å². The molecule has 3 rings (SSSR count). The average molecular weight is 248 g/mol. The summed E-state index contributed by atoms with van der Waals surface area (Å²) in [6, 6.07) is 0. The van der Waals surface area contributed by atoms with E-state index in [2.05, 4.69) is 41.5 Å². The second-order valence-corrected chi connectivity index (χ2v) is 8.45. The normalized spacial score (nSPS) is 56.2. The Morgan fingerprint density at radius 1 is 0.778 bits per heavy atom. The molecular weight excluding hydrogens is 216 g/mol. The number of hydrogen-bond acceptors (Lipinski definition) is 0. The number of hydrogen-bond donors (Lipinski definition) is 0. The quantitative estimate of drug-likeness (QED) is 0.652. The number of rotatable bonds is 3. The largest absolute Gasteiger partial charge is 0.0625 e. The zero-order valence-corrected chi connectivity index (χ0v) is 13.2. The van der Waals surface area contributed by atoms with Crippen LogP contribution >= 0.6 is 0 Å². The second-order valence-electron chi connectivity index (χ2n) is 8.45. The van der Waals surface area contributed by atoms with Gasteiger partial charge in [0, 0.05) is 0 Å². The molecule has 0 saturated heterocycles. The van der Waals surface area contributed by atoms with Crippen molar-refractivity contribution in [2.75, 3.05) is 0 Å². The molecule has 9 atom stereocenters. The molecule has 0 bridgehead atoms. The Bertz CT molecular complexity index is 318. The smallest absolute Gasteiger partial charge is 0.0321 e. The van der Waals surface area contributed by atoms with E-state index in [1.807, 2.05) is 0 Å². The van der Waals surface area contributed by atoms with Gasteiger partial charge in [-0.1, -0.05) is 41.5 Å². The van der Waals surface area contributed by atoms with Gasteiger partial charge in [0.1, 0.15) is 0 Å². The van der Waals surface area contributed by atoms with Crippen LogP contribution in [0.15, 0.2) is 0 Å². The molecule has 3 saturated carbocycles. The van der Waals surface area contributed by atoms with Crippen molar-refractivity contribution in [3.05, 3.63) is 0 Å². The van der Waals surface area contributed by atoms with Crippen LogP contribution in [0.2, 0.25) is 0 Å². The number of fused-ring (bicyclic) bond motifs is 1. The first-order valence-corrected chi connectivity index (χ1v) is 8.43. The third-order valence-electron chi connectivity index (χ3n) is 7.19. The highest BCUT2D eigenvalue weighted by Crippen LogP contribution is 2.65. The van der Waals surface area contributed by atoms with Crippen molar-refractivity contribution in [1.82, 2.24) is 0 Å². The maximum Gasteiger partial charge on any atom is -0.0321 e. The molecule has 3 fully saturated rings. The summed E-state index contributed by atoms with van der Waals surface area (Å²) in [5, 5.41) is 0. The predicted molar refractivity (Wildman–Crippen MR) is 78.2 cm³/mol. The summed E-state index contributed by atoms with van der Waals surface area (Å²) in [6.07, 6.45) is 3.03. The first-order valence-electron chi connectivity index (χ1n) is 8.43. The second kappa shape index (κ2) is 4.25. The Morgan fingerprint density at radius 3 is 1.94 bits per heavy atom. The monoisotopic (exact) mass is 248 g/mol. The van der Waals surface area contributed by atoms with Gasteiger partial charge >= 0.3 is 0 Å². The molecule has 104 valence electrons. The fourth-order valence-corrected chi connectivity index (χ4v) is 6.35. The molecular formula is C18H32. The molecule has 0 radical (unpaired) electrons. The van der Waals surface area contributed by atoms with Crippen LogP contribution in [0.5, 0.6) is 0 Å². The summed E-state index contributed by atoms with van der Waals surface area (Å²) in [6.45, 7) is 15.0. The fourth-order valence-electron chi connectivity index (χ4n) is 6.35. The van der Waals surface area contributed by atoms with E-state index in [0.717, 1.165) is 59.2 Å². The molecule has 3 aliphatic rings. The Balaban J connectivity index is 1.67. The van der Waals surface area contributed by atoms with Crippen LogP contribution in [0.4, 0.5) is 0 Å². The summed E-state index contributed by atoms with van der Waals surface area (Å²) >= 11 is 0. The highest BCUT2D eigenvalue weighted by atomic mass is 14.6. The van der Waals surface area contributed by atoms with Crippen molar-refractivity contribution >= 4 is 0 Å². The molecule has 0 aromatic heterocycles. The first-order chi connectivity index (χ1) is 8.43. The van der Waals surface area contributed by atoms with E-state index in [4.69, 9.17) is 0 Å². The van der Waals surface area contributed by atoms with Gasteiger partial charge in [-0.3, -0.25) is 0 Å². The van der Waals surface area contributed by atoms with E-state index in [1.165, 1.54) is 12.8 Å². The van der Waals surface area contributed by atoms with Crippen LogP contribution in [-0.2, 0) is 0 Å². The van der Waals surface area contributed by atoms with Crippen LogP contribution in [0.1, 0.15) is 54.4 Å². The average Bonchev–Trinajstić information content (AvgIpc) is 3.00. The topological polar surface area (TPSA) is 0 Å². The molecule has 0 aliphatic heterocycles. The van der Waals surface area contributed by atoms with E-state index < -0.39 is 0 Å². The molecule has 0 spiro atoms. The van der Waals surface area contributed by atoms with E-state index in [9.17, 15) is 0 Å². The van der Waals surface area contributed by atoms with E-state index in [0.29, 0.717) is 0 Å². The van der Waals surface area contributed by atoms with Gasteiger partial charge in [-0.05, 0) is 72.0 Å². The molecule has 0 aromatic carbocycles. The van der Waals surface area contributed by atoms with Crippen molar-refractivity contribution in [3.8, 4) is 0 Å². The van der Waals surface area contributed by atoms with E-state index in [1.54, 1.807) is 0 Å². The summed E-state index contributed by atoms with van der Waals surface area (Å²) < 4.78 is 0. The van der Waals surface area contributed by atoms with Gasteiger partial charge < -0.3 is 0 Å². The van der Waals surface area contributed by atoms with Crippen molar-refractivity contribution in [2.24, 2.45) is 59.2 Å². The van der Waals surface area contributed by atoms with Crippen molar-refractivity contribution < 1.29 is 0 Å². The van der Waals surface area contributed by atoms with Crippen LogP contribution < -0.4 is 0 Å². The Morgan fingerprint density at radius 2 is 1.39 bits per heavy atom. The van der Waals surface area contributed by atoms with Crippen LogP contribution in [0.3, 0.4) is 0 Å². The zero-order chi connectivity index (χ0) is 13.2. The van der Waals surface area contributed by atoms with Crippen LogP contribution in [0, 0.1) is 59.2 Å². The highest BCUT2D eigenvalue weighted by Gasteiger charge is 2.60. The Labute approximate surface area is 114 Å². The fraction of sp³-hybridized carbons (Fsp3) is 1.00. The molecule has 3 aliphatic carbocycles. The highest BCUT2D eigenvalue weighted by molar-refractivity contribution is 5.08. The van der Waals surface area contributed by atoms with Crippen molar-refractivity contribution in [1.29, 1.82) is 0 Å². The molecule has 0 aromatic rings. The van der Waals surface area contributed by atoms with Crippen LogP contribution in [-0.4, -0.2) is 0 Å². The molecule has 18 heavy (non-hydrogen) atoms. The van der Waals surface area contributed by atoms with E-state index >= 15 is 0 Å². The predicted octanol–water partition coefficient (Wildman–Crippen LogP) is 5.09. The Kier molecular flexibility index (Phi) is 3.07.